The van der Waals surface area contributed by atoms with Gasteiger partial charge in [-0.15, -0.1) is 0 Å². The Morgan fingerprint density at radius 1 is 1.11 bits per heavy atom. The van der Waals surface area contributed by atoms with Gasteiger partial charge in [0.05, 0.1) is 18.7 Å². The van der Waals surface area contributed by atoms with Gasteiger partial charge in [-0.25, -0.2) is 9.97 Å². The van der Waals surface area contributed by atoms with Crippen LogP contribution in [0.1, 0.15) is 11.4 Å². The van der Waals surface area contributed by atoms with Crippen LogP contribution in [0.15, 0.2) is 18.2 Å². The maximum Gasteiger partial charge on any atom is 0.140 e. The van der Waals surface area contributed by atoms with Crippen molar-refractivity contribution in [3.63, 3.8) is 0 Å². The predicted molar refractivity (Wildman–Crippen MR) is 72.0 cm³/mol. The number of hydrogen-bond acceptors (Lipinski definition) is 4. The average molecular weight is 243 g/mol. The smallest absolute Gasteiger partial charge is 0.140 e. The number of aromatic nitrogens is 2. The Morgan fingerprint density at radius 2 is 1.89 bits per heavy atom. The van der Waals surface area contributed by atoms with E-state index in [2.05, 4.69) is 40.0 Å². The van der Waals surface area contributed by atoms with Gasteiger partial charge in [-0.2, -0.15) is 0 Å². The molecule has 2 heterocycles. The van der Waals surface area contributed by atoms with Crippen molar-refractivity contribution in [2.45, 2.75) is 13.8 Å². The van der Waals surface area contributed by atoms with E-state index >= 15 is 0 Å². The first-order chi connectivity index (χ1) is 8.75. The fraction of sp³-hybridized carbons (Fsp3) is 0.429. The minimum absolute atomic E-state index is 0.774. The lowest BCUT2D eigenvalue weighted by molar-refractivity contribution is 0.122. The number of aryl methyl sites for hydroxylation is 2. The van der Waals surface area contributed by atoms with Gasteiger partial charge in [0.25, 0.3) is 0 Å². The molecular formula is C14H17N3O. The summed E-state index contributed by atoms with van der Waals surface area (Å²) in [7, 11) is 0. The van der Waals surface area contributed by atoms with Gasteiger partial charge in [0.1, 0.15) is 11.6 Å². The summed E-state index contributed by atoms with van der Waals surface area (Å²) in [5.74, 6) is 1.88. The fourth-order valence-corrected chi connectivity index (χ4v) is 2.40. The second-order valence-corrected chi connectivity index (χ2v) is 4.66. The molecular weight excluding hydrogens is 226 g/mol. The van der Waals surface area contributed by atoms with Crippen molar-refractivity contribution in [3.8, 4) is 0 Å². The molecule has 1 aromatic heterocycles. The van der Waals surface area contributed by atoms with Crippen molar-refractivity contribution in [3.05, 3.63) is 29.6 Å². The lowest BCUT2D eigenvalue weighted by atomic mass is 10.1. The Bertz CT molecular complexity index is 577. The number of para-hydroxylation sites is 1. The third-order valence-electron chi connectivity index (χ3n) is 3.33. The van der Waals surface area contributed by atoms with Gasteiger partial charge in [-0.05, 0) is 25.5 Å². The molecule has 0 bridgehead atoms. The van der Waals surface area contributed by atoms with E-state index in [0.29, 0.717) is 0 Å². The molecule has 4 heteroatoms. The Balaban J connectivity index is 2.18. The molecule has 0 radical (unpaired) electrons. The number of benzene rings is 1. The number of rotatable bonds is 1. The molecule has 0 spiro atoms. The Kier molecular flexibility index (Phi) is 2.88. The highest BCUT2D eigenvalue weighted by Gasteiger charge is 2.16. The van der Waals surface area contributed by atoms with Crippen LogP contribution in [-0.2, 0) is 4.74 Å². The van der Waals surface area contributed by atoms with Gasteiger partial charge in [0, 0.05) is 18.5 Å². The quantitative estimate of drug-likeness (QED) is 0.768. The number of nitrogens with zero attached hydrogens (tertiary/aromatic N) is 3. The highest BCUT2D eigenvalue weighted by Crippen LogP contribution is 2.26. The summed E-state index contributed by atoms with van der Waals surface area (Å²) in [6.07, 6.45) is 0. The first-order valence-electron chi connectivity index (χ1n) is 6.32. The van der Waals surface area contributed by atoms with Crippen molar-refractivity contribution in [2.24, 2.45) is 0 Å². The van der Waals surface area contributed by atoms with E-state index in [-0.39, 0.29) is 0 Å². The molecule has 0 aliphatic carbocycles. The van der Waals surface area contributed by atoms with Crippen LogP contribution < -0.4 is 4.90 Å². The van der Waals surface area contributed by atoms with Crippen molar-refractivity contribution in [1.29, 1.82) is 0 Å². The zero-order valence-corrected chi connectivity index (χ0v) is 10.8. The van der Waals surface area contributed by atoms with Crippen LogP contribution in [0.4, 0.5) is 5.82 Å². The van der Waals surface area contributed by atoms with Gasteiger partial charge in [-0.3, -0.25) is 0 Å². The summed E-state index contributed by atoms with van der Waals surface area (Å²) in [5.41, 5.74) is 2.26. The molecule has 1 aliphatic heterocycles. The van der Waals surface area contributed by atoms with Gasteiger partial charge >= 0.3 is 0 Å². The zero-order chi connectivity index (χ0) is 12.5. The minimum atomic E-state index is 0.774. The van der Waals surface area contributed by atoms with E-state index in [1.807, 2.05) is 6.92 Å². The van der Waals surface area contributed by atoms with E-state index < -0.39 is 0 Å². The van der Waals surface area contributed by atoms with Crippen molar-refractivity contribution < 1.29 is 4.74 Å². The van der Waals surface area contributed by atoms with Crippen molar-refractivity contribution in [1.82, 2.24) is 9.97 Å². The Labute approximate surface area is 107 Å². The van der Waals surface area contributed by atoms with Crippen molar-refractivity contribution in [2.75, 3.05) is 31.2 Å². The third-order valence-corrected chi connectivity index (χ3v) is 3.33. The second-order valence-electron chi connectivity index (χ2n) is 4.66. The van der Waals surface area contributed by atoms with Crippen LogP contribution >= 0.6 is 0 Å². The standard InChI is InChI=1S/C14H17N3O/c1-10-4-3-5-12-13(10)15-11(2)16-14(12)17-6-8-18-9-7-17/h3-5H,6-9H2,1-2H3. The number of morpholine rings is 1. The summed E-state index contributed by atoms with van der Waals surface area (Å²) in [4.78, 5) is 11.5. The molecule has 2 aromatic rings. The maximum atomic E-state index is 5.40. The summed E-state index contributed by atoms with van der Waals surface area (Å²) in [6, 6.07) is 6.27. The Hall–Kier alpha value is -1.68. The average Bonchev–Trinajstić information content (AvgIpc) is 2.40. The molecule has 0 N–H and O–H groups in total. The molecule has 0 saturated carbocycles. The lowest BCUT2D eigenvalue weighted by Gasteiger charge is -2.29. The largest absolute Gasteiger partial charge is 0.378 e. The molecule has 1 aromatic carbocycles. The highest BCUT2D eigenvalue weighted by atomic mass is 16.5. The summed E-state index contributed by atoms with van der Waals surface area (Å²) < 4.78 is 5.40. The summed E-state index contributed by atoms with van der Waals surface area (Å²) in [5, 5.41) is 1.14. The van der Waals surface area contributed by atoms with Crippen LogP contribution in [0.3, 0.4) is 0 Å². The zero-order valence-electron chi connectivity index (χ0n) is 10.8. The first kappa shape index (κ1) is 11.4. The van der Waals surface area contributed by atoms with E-state index in [1.54, 1.807) is 0 Å². The number of anilines is 1. The molecule has 4 nitrogen and oxygen atoms in total. The highest BCUT2D eigenvalue weighted by molar-refractivity contribution is 5.91. The van der Waals surface area contributed by atoms with Crippen LogP contribution in [0.2, 0.25) is 0 Å². The van der Waals surface area contributed by atoms with Crippen LogP contribution in [0.5, 0.6) is 0 Å². The van der Waals surface area contributed by atoms with Crippen LogP contribution in [0.25, 0.3) is 10.9 Å². The molecule has 3 rings (SSSR count). The fourth-order valence-electron chi connectivity index (χ4n) is 2.40. The normalized spacial score (nSPS) is 16.2. The molecule has 94 valence electrons. The molecule has 1 fully saturated rings. The van der Waals surface area contributed by atoms with E-state index in [4.69, 9.17) is 4.74 Å². The monoisotopic (exact) mass is 243 g/mol. The number of ether oxygens (including phenoxy) is 1. The molecule has 18 heavy (non-hydrogen) atoms. The second kappa shape index (κ2) is 4.53. The van der Waals surface area contributed by atoms with Crippen LogP contribution in [-0.4, -0.2) is 36.3 Å². The molecule has 0 unspecified atom stereocenters. The van der Waals surface area contributed by atoms with E-state index in [1.165, 1.54) is 5.56 Å². The predicted octanol–water partition coefficient (Wildman–Crippen LogP) is 2.08. The molecule has 1 saturated heterocycles. The van der Waals surface area contributed by atoms with E-state index in [9.17, 15) is 0 Å². The number of fused-ring (bicyclic) bond motifs is 1. The summed E-state index contributed by atoms with van der Waals surface area (Å²) >= 11 is 0. The Morgan fingerprint density at radius 3 is 2.67 bits per heavy atom. The lowest BCUT2D eigenvalue weighted by Crippen LogP contribution is -2.37. The molecule has 1 aliphatic rings. The van der Waals surface area contributed by atoms with Crippen LogP contribution in [0, 0.1) is 13.8 Å². The minimum Gasteiger partial charge on any atom is -0.378 e. The van der Waals surface area contributed by atoms with Gasteiger partial charge < -0.3 is 9.64 Å². The molecule has 0 atom stereocenters. The number of hydrogen-bond donors (Lipinski definition) is 0. The molecule has 0 amide bonds. The first-order valence-corrected chi connectivity index (χ1v) is 6.32. The maximum absolute atomic E-state index is 5.40. The summed E-state index contributed by atoms with van der Waals surface area (Å²) in [6.45, 7) is 7.40. The van der Waals surface area contributed by atoms with Gasteiger partial charge in [0.2, 0.25) is 0 Å². The van der Waals surface area contributed by atoms with E-state index in [0.717, 1.165) is 48.8 Å². The van der Waals surface area contributed by atoms with Gasteiger partial charge in [-0.1, -0.05) is 12.1 Å². The topological polar surface area (TPSA) is 38.2 Å². The van der Waals surface area contributed by atoms with Crippen molar-refractivity contribution >= 4 is 16.7 Å². The van der Waals surface area contributed by atoms with Gasteiger partial charge in [0.15, 0.2) is 0 Å². The third kappa shape index (κ3) is 1.93. The SMILES string of the molecule is Cc1nc(N2CCOCC2)c2cccc(C)c2n1.